The first-order valence-corrected chi connectivity index (χ1v) is 7.77. The highest BCUT2D eigenvalue weighted by atomic mass is 32.2. The monoisotopic (exact) mass is 406 g/mol. The number of nitro benzene ring substituents is 1. The average molecular weight is 406 g/mol. The Kier molecular flexibility index (Phi) is 5.99. The molecule has 1 fully saturated rings. The first kappa shape index (κ1) is 20.2. The van der Waals surface area contributed by atoms with Gasteiger partial charge >= 0.3 is 18.0 Å². The number of nitrogens with zero attached hydrogens (tertiary/aromatic N) is 3. The number of nitro groups is 1. The smallest absolute Gasteiger partial charge is 0.481 e. The molecule has 0 spiro atoms. The van der Waals surface area contributed by atoms with Crippen molar-refractivity contribution in [3.63, 3.8) is 0 Å². The highest BCUT2D eigenvalue weighted by molar-refractivity contribution is 8.15. The van der Waals surface area contributed by atoms with E-state index < -0.39 is 46.3 Å². The van der Waals surface area contributed by atoms with Crippen molar-refractivity contribution in [1.82, 2.24) is 5.32 Å². The molecule has 0 aromatic heterocycles. The van der Waals surface area contributed by atoms with E-state index in [1.54, 1.807) is 0 Å². The van der Waals surface area contributed by atoms with E-state index in [1.807, 2.05) is 0 Å². The lowest BCUT2D eigenvalue weighted by molar-refractivity contribution is -0.388. The summed E-state index contributed by atoms with van der Waals surface area (Å²) in [5.74, 6) is -2.70. The van der Waals surface area contributed by atoms with E-state index in [0.717, 1.165) is 36.2 Å². The van der Waals surface area contributed by atoms with E-state index in [4.69, 9.17) is 5.11 Å². The molecule has 0 saturated carbocycles. The van der Waals surface area contributed by atoms with Crippen molar-refractivity contribution in [1.29, 1.82) is 0 Å². The Morgan fingerprint density at radius 2 is 2.19 bits per heavy atom. The number of amides is 1. The number of carbonyl (C=O) groups is 2. The van der Waals surface area contributed by atoms with Crippen LogP contribution in [0.5, 0.6) is 5.75 Å². The van der Waals surface area contributed by atoms with E-state index in [0.29, 0.717) is 0 Å². The van der Waals surface area contributed by atoms with Crippen LogP contribution in [0.25, 0.3) is 0 Å². The van der Waals surface area contributed by atoms with Crippen LogP contribution in [0.3, 0.4) is 0 Å². The summed E-state index contributed by atoms with van der Waals surface area (Å²) < 4.78 is 40.3. The minimum atomic E-state index is -5.09. The fourth-order valence-corrected chi connectivity index (χ4v) is 2.78. The molecule has 1 aromatic carbocycles. The number of ether oxygens (including phenoxy) is 1. The number of hydrogen-bond acceptors (Lipinski definition) is 8. The molecule has 1 saturated heterocycles. The zero-order valence-electron chi connectivity index (χ0n) is 13.0. The van der Waals surface area contributed by atoms with Crippen molar-refractivity contribution in [3.05, 3.63) is 33.9 Å². The van der Waals surface area contributed by atoms with E-state index in [-0.39, 0.29) is 10.7 Å². The molecule has 1 amide bonds. The molecule has 144 valence electrons. The van der Waals surface area contributed by atoms with Gasteiger partial charge in [-0.2, -0.15) is 5.10 Å². The molecule has 1 aliphatic rings. The average Bonchev–Trinajstić information content (AvgIpc) is 2.86. The van der Waals surface area contributed by atoms with Gasteiger partial charge in [0.15, 0.2) is 5.17 Å². The number of benzene rings is 1. The van der Waals surface area contributed by atoms with Gasteiger partial charge in [0.05, 0.1) is 17.6 Å². The number of amidine groups is 1. The van der Waals surface area contributed by atoms with Crippen molar-refractivity contribution in [2.45, 2.75) is 18.0 Å². The lowest BCUT2D eigenvalue weighted by Gasteiger charge is -2.09. The molecule has 1 heterocycles. The second-order valence-corrected chi connectivity index (χ2v) is 6.07. The van der Waals surface area contributed by atoms with Gasteiger partial charge in [-0.05, 0) is 12.1 Å². The molecule has 0 radical (unpaired) electrons. The third-order valence-corrected chi connectivity index (χ3v) is 3.97. The maximum Gasteiger partial charge on any atom is 0.573 e. The van der Waals surface area contributed by atoms with Gasteiger partial charge in [-0.25, -0.2) is 0 Å². The van der Waals surface area contributed by atoms with E-state index in [2.05, 4.69) is 20.3 Å². The second kappa shape index (κ2) is 8.03. The van der Waals surface area contributed by atoms with E-state index in [9.17, 15) is 32.9 Å². The summed E-state index contributed by atoms with van der Waals surface area (Å²) >= 11 is 0.841. The fourth-order valence-electron chi connectivity index (χ4n) is 1.86. The normalized spacial score (nSPS) is 18.7. The Morgan fingerprint density at radius 1 is 1.48 bits per heavy atom. The van der Waals surface area contributed by atoms with Crippen molar-refractivity contribution in [2.75, 3.05) is 0 Å². The fraction of sp³-hybridized carbons (Fsp3) is 0.231. The predicted molar refractivity (Wildman–Crippen MR) is 86.6 cm³/mol. The van der Waals surface area contributed by atoms with Crippen LogP contribution in [-0.2, 0) is 9.59 Å². The predicted octanol–water partition coefficient (Wildman–Crippen LogP) is 1.89. The maximum atomic E-state index is 12.2. The van der Waals surface area contributed by atoms with Gasteiger partial charge in [0, 0.05) is 11.6 Å². The Labute approximate surface area is 152 Å². The van der Waals surface area contributed by atoms with Crippen LogP contribution in [0.4, 0.5) is 18.9 Å². The number of carboxylic acids is 1. The zero-order chi connectivity index (χ0) is 20.2. The van der Waals surface area contributed by atoms with Crippen LogP contribution in [-0.4, -0.2) is 44.9 Å². The molecule has 1 atom stereocenters. The van der Waals surface area contributed by atoms with Gasteiger partial charge < -0.3 is 15.2 Å². The van der Waals surface area contributed by atoms with Gasteiger partial charge in [-0.1, -0.05) is 11.8 Å². The molecule has 2 N–H and O–H groups in total. The number of thioether (sulfide) groups is 1. The highest BCUT2D eigenvalue weighted by Crippen LogP contribution is 2.32. The summed E-state index contributed by atoms with van der Waals surface area (Å²) in [5.41, 5.74) is -0.869. The third-order valence-electron chi connectivity index (χ3n) is 2.90. The summed E-state index contributed by atoms with van der Waals surface area (Å²) in [7, 11) is 0. The standard InChI is InChI=1S/C13H9F3N4O6S/c14-13(15,16)26-8-2-1-6(3-7(8)20(24)25)5-17-19-12-18-11(23)9(27-12)4-10(21)22/h1-3,5,9H,4H2,(H,21,22)(H,18,19,23). The van der Waals surface area contributed by atoms with E-state index in [1.165, 1.54) is 0 Å². The largest absolute Gasteiger partial charge is 0.573 e. The van der Waals surface area contributed by atoms with Gasteiger partial charge in [0.2, 0.25) is 11.7 Å². The molecule has 0 bridgehead atoms. The van der Waals surface area contributed by atoms with Gasteiger partial charge in [0.1, 0.15) is 5.25 Å². The number of carboxylic acid groups (broad SMARTS) is 1. The Balaban J connectivity index is 2.13. The summed E-state index contributed by atoms with van der Waals surface area (Å²) in [6.07, 6.45) is -4.49. The maximum absolute atomic E-state index is 12.2. The SMILES string of the molecule is O=C(O)CC1SC(=NN=Cc2ccc(OC(F)(F)F)c([N+](=O)[O-])c2)NC1=O. The van der Waals surface area contributed by atoms with Crippen molar-refractivity contribution in [2.24, 2.45) is 10.2 Å². The number of rotatable bonds is 6. The number of hydrogen-bond donors (Lipinski definition) is 2. The topological polar surface area (TPSA) is 143 Å². The minimum Gasteiger partial charge on any atom is -0.481 e. The first-order chi connectivity index (χ1) is 12.5. The number of carbonyl (C=O) groups excluding carboxylic acids is 1. The van der Waals surface area contributed by atoms with Crippen LogP contribution in [0.1, 0.15) is 12.0 Å². The quantitative estimate of drug-likeness (QED) is 0.417. The van der Waals surface area contributed by atoms with Gasteiger partial charge in [0.25, 0.3) is 0 Å². The van der Waals surface area contributed by atoms with Crippen LogP contribution < -0.4 is 10.1 Å². The van der Waals surface area contributed by atoms with Crippen LogP contribution in [0.15, 0.2) is 28.4 Å². The highest BCUT2D eigenvalue weighted by Gasteiger charge is 2.34. The Morgan fingerprint density at radius 3 is 2.78 bits per heavy atom. The molecular formula is C13H9F3N4O6S. The Bertz CT molecular complexity index is 842. The number of alkyl halides is 3. The third kappa shape index (κ3) is 5.95. The summed E-state index contributed by atoms with van der Waals surface area (Å²) in [6.45, 7) is 0. The molecule has 0 aliphatic carbocycles. The van der Waals surface area contributed by atoms with Gasteiger partial charge in [-0.3, -0.25) is 19.7 Å². The molecule has 1 aliphatic heterocycles. The lowest BCUT2D eigenvalue weighted by Crippen LogP contribution is -2.26. The van der Waals surface area contributed by atoms with Crippen molar-refractivity contribution in [3.8, 4) is 5.75 Å². The van der Waals surface area contributed by atoms with Crippen LogP contribution in [0.2, 0.25) is 0 Å². The molecule has 14 heteroatoms. The number of nitrogens with one attached hydrogen (secondary N) is 1. The molecular weight excluding hydrogens is 397 g/mol. The first-order valence-electron chi connectivity index (χ1n) is 6.89. The molecule has 1 aromatic rings. The number of aliphatic carboxylic acids is 1. The second-order valence-electron chi connectivity index (χ2n) is 4.88. The van der Waals surface area contributed by atoms with Gasteiger partial charge in [-0.15, -0.1) is 18.3 Å². The van der Waals surface area contributed by atoms with Crippen LogP contribution >= 0.6 is 11.8 Å². The molecule has 10 nitrogen and oxygen atoms in total. The van der Waals surface area contributed by atoms with Crippen LogP contribution in [0, 0.1) is 10.1 Å². The molecule has 1 unspecified atom stereocenters. The zero-order valence-corrected chi connectivity index (χ0v) is 13.8. The summed E-state index contributed by atoms with van der Waals surface area (Å²) in [6, 6.07) is 2.65. The van der Waals surface area contributed by atoms with Crippen molar-refractivity contribution >= 4 is 40.7 Å². The number of halogens is 3. The Hall–Kier alpha value is -3.16. The summed E-state index contributed by atoms with van der Waals surface area (Å²) in [4.78, 5) is 32.0. The van der Waals surface area contributed by atoms with E-state index >= 15 is 0 Å². The summed E-state index contributed by atoms with van der Waals surface area (Å²) in [5, 5.41) is 28.2. The molecule has 27 heavy (non-hydrogen) atoms. The lowest BCUT2D eigenvalue weighted by atomic mass is 10.2. The van der Waals surface area contributed by atoms with Crippen molar-refractivity contribution < 1.29 is 37.5 Å². The minimum absolute atomic E-state index is 0.0222. The molecule has 2 rings (SSSR count).